The topological polar surface area (TPSA) is 187 Å². The van der Waals surface area contributed by atoms with Crippen molar-refractivity contribution in [2.75, 3.05) is 24.9 Å². The highest BCUT2D eigenvalue weighted by atomic mass is 35.5. The fourth-order valence-electron chi connectivity index (χ4n) is 3.38. The normalized spacial score (nSPS) is 11.1. The summed E-state index contributed by atoms with van der Waals surface area (Å²) in [6, 6.07) is 13.0. The van der Waals surface area contributed by atoms with Gasteiger partial charge in [0.1, 0.15) is 22.3 Å². The number of nitrogens with zero attached hydrogens (tertiary/aromatic N) is 2. The van der Waals surface area contributed by atoms with E-state index in [9.17, 15) is 33.4 Å². The molecule has 0 radical (unpaired) electrons. The Balaban J connectivity index is 1.90. The maximum absolute atomic E-state index is 12.9. The van der Waals surface area contributed by atoms with E-state index in [1.54, 1.807) is 6.07 Å². The van der Waals surface area contributed by atoms with Gasteiger partial charge in [0, 0.05) is 24.7 Å². The molecular formula is C26H21ClN4O9S. The zero-order valence-electron chi connectivity index (χ0n) is 21.6. The molecule has 3 aromatic rings. The molecule has 0 bridgehead atoms. The molecule has 0 atom stereocenters. The number of hydrogen-bond acceptors (Lipinski definition) is 10. The first-order chi connectivity index (χ1) is 19.4. The number of halogens is 1. The number of benzene rings is 3. The van der Waals surface area contributed by atoms with Crippen molar-refractivity contribution in [1.82, 2.24) is 0 Å². The molecule has 0 spiro atoms. The third kappa shape index (κ3) is 7.50. The third-order valence-electron chi connectivity index (χ3n) is 5.23. The van der Waals surface area contributed by atoms with Gasteiger partial charge in [-0.05, 0) is 54.1 Å². The number of methoxy groups -OCH3 is 2. The molecule has 2 amide bonds. The van der Waals surface area contributed by atoms with Crippen molar-refractivity contribution in [3.8, 4) is 23.3 Å². The predicted molar refractivity (Wildman–Crippen MR) is 148 cm³/mol. The van der Waals surface area contributed by atoms with E-state index in [2.05, 4.69) is 10.6 Å². The lowest BCUT2D eigenvalue weighted by Gasteiger charge is -2.14. The van der Waals surface area contributed by atoms with Gasteiger partial charge in [-0.3, -0.25) is 19.7 Å². The van der Waals surface area contributed by atoms with Crippen LogP contribution in [0.15, 0.2) is 65.1 Å². The summed E-state index contributed by atoms with van der Waals surface area (Å²) in [7, 11) is -1.86. The maximum atomic E-state index is 12.9. The van der Waals surface area contributed by atoms with E-state index in [0.717, 1.165) is 12.1 Å². The number of carbonyl (C=O) groups is 2. The zero-order valence-corrected chi connectivity index (χ0v) is 23.2. The third-order valence-corrected chi connectivity index (χ3v) is 6.74. The molecule has 41 heavy (non-hydrogen) atoms. The first kappa shape index (κ1) is 30.4. The Labute approximate surface area is 239 Å². The highest BCUT2D eigenvalue weighted by molar-refractivity contribution is 7.87. The van der Waals surface area contributed by atoms with Crippen molar-refractivity contribution in [3.05, 3.63) is 80.9 Å². The largest absolute Gasteiger partial charge is 0.495 e. The van der Waals surface area contributed by atoms with Crippen LogP contribution in [0.3, 0.4) is 0 Å². The fourth-order valence-corrected chi connectivity index (χ4v) is 4.64. The average Bonchev–Trinajstić information content (AvgIpc) is 2.92. The molecule has 15 heteroatoms. The number of amides is 2. The van der Waals surface area contributed by atoms with Gasteiger partial charge >= 0.3 is 10.1 Å². The summed E-state index contributed by atoms with van der Waals surface area (Å²) in [6.45, 7) is 1.31. The van der Waals surface area contributed by atoms with Crippen LogP contribution in [0, 0.1) is 21.4 Å². The minimum atomic E-state index is -4.39. The van der Waals surface area contributed by atoms with Crippen LogP contribution in [-0.2, 0) is 19.7 Å². The minimum absolute atomic E-state index is 0.0393. The van der Waals surface area contributed by atoms with Gasteiger partial charge in [0.05, 0.1) is 29.9 Å². The molecule has 0 fully saturated rings. The molecule has 3 aromatic carbocycles. The summed E-state index contributed by atoms with van der Waals surface area (Å²) in [5.41, 5.74) is -0.215. The SMILES string of the molecule is COc1ccc([N+](=O)[O-])cc1NC(=O)/C(C#N)=C/c1cc(Cl)c(OS(=O)(=O)c2ccc(NC(C)=O)cc2)c(OC)c1. The smallest absolute Gasteiger partial charge is 0.339 e. The number of ether oxygens (including phenoxy) is 2. The van der Waals surface area contributed by atoms with Crippen molar-refractivity contribution in [3.63, 3.8) is 0 Å². The molecule has 0 aliphatic rings. The highest BCUT2D eigenvalue weighted by Crippen LogP contribution is 2.39. The van der Waals surface area contributed by atoms with Crippen LogP contribution >= 0.6 is 11.6 Å². The molecule has 3 rings (SSSR count). The second kappa shape index (κ2) is 12.8. The Bertz CT molecular complexity index is 1700. The maximum Gasteiger partial charge on any atom is 0.339 e. The highest BCUT2D eigenvalue weighted by Gasteiger charge is 2.23. The van der Waals surface area contributed by atoms with Gasteiger partial charge in [0.15, 0.2) is 5.75 Å². The summed E-state index contributed by atoms with van der Waals surface area (Å²) >= 11 is 6.30. The number of carbonyl (C=O) groups excluding carboxylic acids is 2. The number of hydrogen-bond donors (Lipinski definition) is 2. The first-order valence-electron chi connectivity index (χ1n) is 11.3. The van der Waals surface area contributed by atoms with Crippen LogP contribution in [0.5, 0.6) is 17.2 Å². The van der Waals surface area contributed by atoms with E-state index in [1.807, 2.05) is 0 Å². The standard InChI is InChI=1S/C26H21ClN4O9S/c1-15(32)29-18-4-7-20(8-5-18)41(36,37)40-25-21(27)11-16(12-24(25)39-3)10-17(14-28)26(33)30-22-13-19(31(34)35)6-9-23(22)38-2/h4-13H,1-3H3,(H,29,32)(H,30,33)/b17-10+. The van der Waals surface area contributed by atoms with Gasteiger partial charge in [0.2, 0.25) is 11.7 Å². The van der Waals surface area contributed by atoms with E-state index >= 15 is 0 Å². The number of nitriles is 1. The van der Waals surface area contributed by atoms with Gasteiger partial charge in [-0.1, -0.05) is 11.6 Å². The number of non-ortho nitro benzene ring substituents is 1. The quantitative estimate of drug-likeness (QED) is 0.110. The lowest BCUT2D eigenvalue weighted by atomic mass is 10.1. The van der Waals surface area contributed by atoms with Gasteiger partial charge in [-0.15, -0.1) is 0 Å². The van der Waals surface area contributed by atoms with Crippen LogP contribution in [0.25, 0.3) is 6.08 Å². The van der Waals surface area contributed by atoms with Crippen molar-refractivity contribution in [1.29, 1.82) is 5.26 Å². The number of nitro benzene ring substituents is 1. The van der Waals surface area contributed by atoms with E-state index in [-0.39, 0.29) is 50.0 Å². The van der Waals surface area contributed by atoms with Gasteiger partial charge in [-0.2, -0.15) is 13.7 Å². The van der Waals surface area contributed by atoms with Crippen LogP contribution in [-0.4, -0.2) is 39.4 Å². The molecule has 2 N–H and O–H groups in total. The lowest BCUT2D eigenvalue weighted by molar-refractivity contribution is -0.384. The molecule has 0 saturated carbocycles. The molecule has 0 aliphatic heterocycles. The van der Waals surface area contributed by atoms with Gasteiger partial charge < -0.3 is 24.3 Å². The van der Waals surface area contributed by atoms with Crippen LogP contribution < -0.4 is 24.3 Å². The Morgan fingerprint density at radius 1 is 1.02 bits per heavy atom. The zero-order chi connectivity index (χ0) is 30.3. The number of rotatable bonds is 10. The van der Waals surface area contributed by atoms with E-state index < -0.39 is 26.5 Å². The second-order valence-electron chi connectivity index (χ2n) is 8.04. The molecule has 0 unspecified atom stereocenters. The van der Waals surface area contributed by atoms with Crippen molar-refractivity contribution >= 4 is 56.7 Å². The summed E-state index contributed by atoms with van der Waals surface area (Å²) < 4.78 is 41.3. The monoisotopic (exact) mass is 600 g/mol. The van der Waals surface area contributed by atoms with Crippen LogP contribution in [0.2, 0.25) is 5.02 Å². The summed E-state index contributed by atoms with van der Waals surface area (Å²) in [4.78, 5) is 34.2. The summed E-state index contributed by atoms with van der Waals surface area (Å²) in [5.74, 6) is -1.59. The van der Waals surface area contributed by atoms with Crippen molar-refractivity contribution in [2.45, 2.75) is 11.8 Å². The van der Waals surface area contributed by atoms with E-state index in [1.165, 1.54) is 69.7 Å². The van der Waals surface area contributed by atoms with Gasteiger partial charge in [0.25, 0.3) is 11.6 Å². The fraction of sp³-hybridized carbons (Fsp3) is 0.115. The Kier molecular flexibility index (Phi) is 9.51. The van der Waals surface area contributed by atoms with Crippen LogP contribution in [0.4, 0.5) is 17.1 Å². The summed E-state index contributed by atoms with van der Waals surface area (Å²) in [5, 5.41) is 25.4. The Morgan fingerprint density at radius 3 is 2.24 bits per heavy atom. The summed E-state index contributed by atoms with van der Waals surface area (Å²) in [6.07, 6.45) is 1.15. The molecular weight excluding hydrogens is 580 g/mol. The Morgan fingerprint density at radius 2 is 1.68 bits per heavy atom. The number of anilines is 2. The minimum Gasteiger partial charge on any atom is -0.495 e. The lowest BCUT2D eigenvalue weighted by Crippen LogP contribution is -2.14. The Hall–Kier alpha value is -5.13. The van der Waals surface area contributed by atoms with Crippen LogP contribution in [0.1, 0.15) is 12.5 Å². The molecule has 0 saturated heterocycles. The molecule has 0 aliphatic carbocycles. The van der Waals surface area contributed by atoms with E-state index in [0.29, 0.717) is 5.69 Å². The first-order valence-corrected chi connectivity index (χ1v) is 13.1. The molecule has 0 aromatic heterocycles. The molecule has 0 heterocycles. The van der Waals surface area contributed by atoms with Gasteiger partial charge in [-0.25, -0.2) is 0 Å². The number of nitro groups is 1. The number of nitrogens with one attached hydrogen (secondary N) is 2. The molecule has 13 nitrogen and oxygen atoms in total. The van der Waals surface area contributed by atoms with Crippen molar-refractivity contribution < 1.29 is 36.6 Å². The van der Waals surface area contributed by atoms with E-state index in [4.69, 9.17) is 25.3 Å². The second-order valence-corrected chi connectivity index (χ2v) is 10.00. The predicted octanol–water partition coefficient (Wildman–Crippen LogP) is 4.54. The average molecular weight is 601 g/mol. The van der Waals surface area contributed by atoms with Crippen molar-refractivity contribution in [2.24, 2.45) is 0 Å². The molecule has 212 valence electrons.